The lowest BCUT2D eigenvalue weighted by Gasteiger charge is -2.33. The van der Waals surface area contributed by atoms with E-state index < -0.39 is 0 Å². The first kappa shape index (κ1) is 12.7. The predicted molar refractivity (Wildman–Crippen MR) is 71.2 cm³/mol. The summed E-state index contributed by atoms with van der Waals surface area (Å²) in [5.41, 5.74) is 1.54. The fourth-order valence-electron chi connectivity index (χ4n) is 2.58. The van der Waals surface area contributed by atoms with Gasteiger partial charge in [0.25, 0.3) is 0 Å². The minimum absolute atomic E-state index is 0.156. The van der Waals surface area contributed by atoms with Crippen molar-refractivity contribution in [3.63, 3.8) is 0 Å². The molecule has 0 saturated heterocycles. The van der Waals surface area contributed by atoms with Gasteiger partial charge in [-0.05, 0) is 30.5 Å². The van der Waals surface area contributed by atoms with Gasteiger partial charge in [-0.15, -0.1) is 11.6 Å². The maximum absolute atomic E-state index is 13.9. The summed E-state index contributed by atoms with van der Waals surface area (Å²) in [7, 11) is 1.99. The molecular formula is C14H19ClFN. The van der Waals surface area contributed by atoms with Crippen molar-refractivity contribution < 1.29 is 4.39 Å². The molecule has 0 amide bonds. The summed E-state index contributed by atoms with van der Waals surface area (Å²) in [6.45, 7) is 0. The van der Waals surface area contributed by atoms with Crippen molar-refractivity contribution in [2.75, 3.05) is 11.9 Å². The van der Waals surface area contributed by atoms with E-state index in [9.17, 15) is 4.39 Å². The van der Waals surface area contributed by atoms with Crippen LogP contribution in [-0.4, -0.2) is 13.1 Å². The van der Waals surface area contributed by atoms with E-state index in [1.807, 2.05) is 19.2 Å². The second-order valence-electron chi connectivity index (χ2n) is 4.82. The molecule has 0 heterocycles. The van der Waals surface area contributed by atoms with E-state index in [1.54, 1.807) is 6.07 Å². The summed E-state index contributed by atoms with van der Waals surface area (Å²) in [6, 6.07) is 5.79. The highest BCUT2D eigenvalue weighted by Crippen LogP contribution is 2.28. The van der Waals surface area contributed by atoms with Gasteiger partial charge in [0, 0.05) is 19.0 Å². The molecule has 0 aliphatic heterocycles. The van der Waals surface area contributed by atoms with Crippen LogP contribution >= 0.6 is 11.6 Å². The first-order valence-electron chi connectivity index (χ1n) is 6.29. The van der Waals surface area contributed by atoms with Crippen LogP contribution in [0.4, 0.5) is 10.1 Å². The first-order chi connectivity index (χ1) is 8.22. The lowest BCUT2D eigenvalue weighted by Crippen LogP contribution is -2.33. The summed E-state index contributed by atoms with van der Waals surface area (Å²) < 4.78 is 13.9. The number of benzene rings is 1. The number of halogens is 2. The number of hydrogen-bond donors (Lipinski definition) is 0. The Hall–Kier alpha value is -0.760. The summed E-state index contributed by atoms with van der Waals surface area (Å²) in [5.74, 6) is 0.209. The molecule has 1 aliphatic rings. The van der Waals surface area contributed by atoms with Gasteiger partial charge < -0.3 is 4.90 Å². The van der Waals surface area contributed by atoms with E-state index >= 15 is 0 Å². The molecule has 1 fully saturated rings. The average molecular weight is 256 g/mol. The van der Waals surface area contributed by atoms with Crippen LogP contribution in [0.25, 0.3) is 0 Å². The highest BCUT2D eigenvalue weighted by atomic mass is 35.5. The highest BCUT2D eigenvalue weighted by molar-refractivity contribution is 6.17. The van der Waals surface area contributed by atoms with Crippen LogP contribution in [0.3, 0.4) is 0 Å². The van der Waals surface area contributed by atoms with Gasteiger partial charge in [-0.25, -0.2) is 4.39 Å². The van der Waals surface area contributed by atoms with Crippen molar-refractivity contribution in [1.29, 1.82) is 0 Å². The molecule has 1 aliphatic carbocycles. The zero-order valence-electron chi connectivity index (χ0n) is 10.3. The molecule has 2 rings (SSSR count). The lowest BCUT2D eigenvalue weighted by molar-refractivity contribution is 0.424. The summed E-state index contributed by atoms with van der Waals surface area (Å²) in [5, 5.41) is 0. The van der Waals surface area contributed by atoms with E-state index in [2.05, 4.69) is 4.90 Å². The fourth-order valence-corrected chi connectivity index (χ4v) is 2.75. The first-order valence-corrected chi connectivity index (χ1v) is 6.83. The van der Waals surface area contributed by atoms with Gasteiger partial charge in [-0.3, -0.25) is 0 Å². The Balaban J connectivity index is 2.15. The Morgan fingerprint density at radius 1 is 1.29 bits per heavy atom. The van der Waals surface area contributed by atoms with Crippen molar-refractivity contribution in [3.05, 3.63) is 29.6 Å². The number of anilines is 1. The lowest BCUT2D eigenvalue weighted by atomic mass is 9.94. The zero-order valence-corrected chi connectivity index (χ0v) is 11.0. The summed E-state index contributed by atoms with van der Waals surface area (Å²) in [4.78, 5) is 2.09. The number of hydrogen-bond acceptors (Lipinski definition) is 1. The Morgan fingerprint density at radius 2 is 2.00 bits per heavy atom. The fraction of sp³-hybridized carbons (Fsp3) is 0.571. The number of rotatable bonds is 3. The molecule has 3 heteroatoms. The van der Waals surface area contributed by atoms with Crippen LogP contribution in [-0.2, 0) is 5.88 Å². The molecule has 0 aromatic heterocycles. The third-order valence-corrected chi connectivity index (χ3v) is 3.98. The van der Waals surface area contributed by atoms with Gasteiger partial charge in [0.2, 0.25) is 0 Å². The predicted octanol–water partition coefficient (Wildman–Crippen LogP) is 4.33. The normalized spacial score (nSPS) is 17.1. The van der Waals surface area contributed by atoms with Crippen LogP contribution in [0.15, 0.2) is 18.2 Å². The van der Waals surface area contributed by atoms with E-state index in [0.29, 0.717) is 17.6 Å². The Bertz CT molecular complexity index is 374. The van der Waals surface area contributed by atoms with Gasteiger partial charge in [-0.2, -0.15) is 0 Å². The van der Waals surface area contributed by atoms with Crippen molar-refractivity contribution in [1.82, 2.24) is 0 Å². The van der Waals surface area contributed by atoms with Crippen LogP contribution < -0.4 is 4.90 Å². The quantitative estimate of drug-likeness (QED) is 0.727. The summed E-state index contributed by atoms with van der Waals surface area (Å²) >= 11 is 5.70. The van der Waals surface area contributed by atoms with Crippen molar-refractivity contribution >= 4 is 17.3 Å². The maximum atomic E-state index is 13.9. The van der Waals surface area contributed by atoms with Gasteiger partial charge in [0.05, 0.1) is 5.69 Å². The maximum Gasteiger partial charge on any atom is 0.146 e. The van der Waals surface area contributed by atoms with Crippen molar-refractivity contribution in [2.24, 2.45) is 0 Å². The molecule has 17 heavy (non-hydrogen) atoms. The Labute approximate surface area is 108 Å². The molecule has 0 N–H and O–H groups in total. The molecule has 0 radical (unpaired) electrons. The van der Waals surface area contributed by atoms with Crippen molar-refractivity contribution in [2.45, 2.75) is 44.0 Å². The van der Waals surface area contributed by atoms with Gasteiger partial charge in [0.1, 0.15) is 5.82 Å². The molecule has 1 aromatic carbocycles. The van der Waals surface area contributed by atoms with Crippen LogP contribution in [0.2, 0.25) is 0 Å². The average Bonchev–Trinajstić information content (AvgIpc) is 2.39. The second kappa shape index (κ2) is 5.72. The molecule has 0 bridgehead atoms. The monoisotopic (exact) mass is 255 g/mol. The minimum atomic E-state index is -0.156. The minimum Gasteiger partial charge on any atom is -0.369 e. The third kappa shape index (κ3) is 2.92. The van der Waals surface area contributed by atoms with E-state index in [0.717, 1.165) is 5.56 Å². The second-order valence-corrected chi connectivity index (χ2v) is 5.09. The van der Waals surface area contributed by atoms with E-state index in [4.69, 9.17) is 11.6 Å². The highest BCUT2D eigenvalue weighted by Gasteiger charge is 2.20. The standard InChI is InChI=1S/C14H19ClFN/c1-17(12-5-3-2-4-6-12)14-8-7-11(10-15)9-13(14)16/h7-9,12H,2-6,10H2,1H3. The van der Waals surface area contributed by atoms with E-state index in [1.165, 1.54) is 32.1 Å². The molecule has 94 valence electrons. The van der Waals surface area contributed by atoms with Gasteiger partial charge >= 0.3 is 0 Å². The third-order valence-electron chi connectivity index (χ3n) is 3.67. The topological polar surface area (TPSA) is 3.24 Å². The van der Waals surface area contributed by atoms with Gasteiger partial charge in [0.15, 0.2) is 0 Å². The number of alkyl halides is 1. The van der Waals surface area contributed by atoms with Crippen LogP contribution in [0.1, 0.15) is 37.7 Å². The van der Waals surface area contributed by atoms with E-state index in [-0.39, 0.29) is 5.82 Å². The van der Waals surface area contributed by atoms with Crippen LogP contribution in [0.5, 0.6) is 0 Å². The molecule has 1 nitrogen and oxygen atoms in total. The van der Waals surface area contributed by atoms with Crippen molar-refractivity contribution in [3.8, 4) is 0 Å². The molecule has 1 aromatic rings. The van der Waals surface area contributed by atoms with Gasteiger partial charge in [-0.1, -0.05) is 25.3 Å². The SMILES string of the molecule is CN(c1ccc(CCl)cc1F)C1CCCCC1. The molecule has 0 spiro atoms. The molecule has 0 atom stereocenters. The molecule has 1 saturated carbocycles. The molecule has 0 unspecified atom stereocenters. The largest absolute Gasteiger partial charge is 0.369 e. The zero-order chi connectivity index (χ0) is 12.3. The molecular weight excluding hydrogens is 237 g/mol. The Morgan fingerprint density at radius 3 is 2.59 bits per heavy atom. The Kier molecular flexibility index (Phi) is 4.27. The van der Waals surface area contributed by atoms with Crippen LogP contribution in [0, 0.1) is 5.82 Å². The summed E-state index contributed by atoms with van der Waals surface area (Å²) in [6.07, 6.45) is 6.19. The smallest absolute Gasteiger partial charge is 0.146 e. The number of nitrogens with zero attached hydrogens (tertiary/aromatic N) is 1.